The molecule has 0 saturated heterocycles. The Labute approximate surface area is 176 Å². The predicted octanol–water partition coefficient (Wildman–Crippen LogP) is 5.42. The van der Waals surface area contributed by atoms with Crippen LogP contribution in [-0.2, 0) is 4.74 Å². The van der Waals surface area contributed by atoms with Crippen molar-refractivity contribution in [3.63, 3.8) is 0 Å². The summed E-state index contributed by atoms with van der Waals surface area (Å²) in [5.74, 6) is 1.63. The molecule has 3 rings (SSSR count). The molecule has 0 spiro atoms. The fraction of sp³-hybridized carbons (Fsp3) is 0.708. The van der Waals surface area contributed by atoms with Crippen LogP contribution in [0, 0.1) is 22.7 Å². The Hall–Kier alpha value is -1.75. The molecular formula is C24H38N2O3. The zero-order valence-corrected chi connectivity index (χ0v) is 19.0. The fourth-order valence-corrected chi connectivity index (χ4v) is 5.83. The number of benzene rings is 1. The topological polar surface area (TPSA) is 50.8 Å². The van der Waals surface area contributed by atoms with E-state index >= 15 is 0 Å². The highest BCUT2D eigenvalue weighted by Crippen LogP contribution is 2.68. The normalized spacial score (nSPS) is 29.8. The Kier molecular flexibility index (Phi) is 6.47. The summed E-state index contributed by atoms with van der Waals surface area (Å²) in [6.45, 7) is 17.0. The maximum absolute atomic E-state index is 12.9. The van der Waals surface area contributed by atoms with Crippen molar-refractivity contribution >= 4 is 11.8 Å². The van der Waals surface area contributed by atoms with E-state index in [0.717, 1.165) is 26.1 Å². The molecule has 2 aliphatic rings. The van der Waals surface area contributed by atoms with Crippen LogP contribution in [0.2, 0.25) is 0 Å². The van der Waals surface area contributed by atoms with Gasteiger partial charge in [-0.2, -0.15) is 0 Å². The Morgan fingerprint density at radius 3 is 2.52 bits per heavy atom. The zero-order chi connectivity index (χ0) is 21.2. The lowest BCUT2D eigenvalue weighted by Gasteiger charge is -2.40. The number of fused-ring (bicyclic) bond motifs is 2. The summed E-state index contributed by atoms with van der Waals surface area (Å²) in [5, 5.41) is 2.93. The molecule has 2 saturated carbocycles. The van der Waals surface area contributed by atoms with Crippen molar-refractivity contribution < 1.29 is 14.3 Å². The van der Waals surface area contributed by atoms with Crippen LogP contribution in [0.15, 0.2) is 24.3 Å². The van der Waals surface area contributed by atoms with Gasteiger partial charge < -0.3 is 14.4 Å². The van der Waals surface area contributed by atoms with Crippen LogP contribution in [0.3, 0.4) is 0 Å². The number of anilines is 1. The molecule has 1 amide bonds. The Bertz CT molecular complexity index is 716. The van der Waals surface area contributed by atoms with Gasteiger partial charge in [0, 0.05) is 17.9 Å². The van der Waals surface area contributed by atoms with Crippen LogP contribution in [0.5, 0.6) is 5.75 Å². The van der Waals surface area contributed by atoms with Crippen LogP contribution < -0.4 is 10.1 Å². The third-order valence-corrected chi connectivity index (χ3v) is 7.93. The second kappa shape index (κ2) is 8.55. The van der Waals surface area contributed by atoms with Gasteiger partial charge in [0.25, 0.3) is 0 Å². The third-order valence-electron chi connectivity index (χ3n) is 7.93. The van der Waals surface area contributed by atoms with Crippen LogP contribution in [0.4, 0.5) is 10.5 Å². The molecule has 0 aromatic heterocycles. The summed E-state index contributed by atoms with van der Waals surface area (Å²) in [4.78, 5) is 15.4. The summed E-state index contributed by atoms with van der Waals surface area (Å²) in [6, 6.07) is 7.51. The molecule has 5 heteroatoms. The molecule has 4 atom stereocenters. The van der Waals surface area contributed by atoms with Crippen LogP contribution in [0.1, 0.15) is 54.4 Å². The van der Waals surface area contributed by atoms with Gasteiger partial charge in [-0.15, -0.1) is 0 Å². The molecule has 2 bridgehead atoms. The predicted molar refractivity (Wildman–Crippen MR) is 117 cm³/mol. The molecule has 5 nitrogen and oxygen atoms in total. The van der Waals surface area contributed by atoms with Gasteiger partial charge in [0.1, 0.15) is 11.9 Å². The van der Waals surface area contributed by atoms with Crippen molar-refractivity contribution in [1.29, 1.82) is 0 Å². The Morgan fingerprint density at radius 1 is 1.17 bits per heavy atom. The van der Waals surface area contributed by atoms with Gasteiger partial charge >= 0.3 is 6.09 Å². The number of hydrogen-bond acceptors (Lipinski definition) is 4. The molecule has 162 valence electrons. The van der Waals surface area contributed by atoms with Gasteiger partial charge in [0.15, 0.2) is 0 Å². The summed E-state index contributed by atoms with van der Waals surface area (Å²) >= 11 is 0. The van der Waals surface area contributed by atoms with Crippen molar-refractivity contribution in [2.45, 2.75) is 60.5 Å². The zero-order valence-electron chi connectivity index (χ0n) is 19.0. The number of carbonyl (C=O) groups is 1. The first-order chi connectivity index (χ1) is 13.8. The number of ether oxygens (including phenoxy) is 2. The van der Waals surface area contributed by atoms with E-state index in [4.69, 9.17) is 9.47 Å². The smallest absolute Gasteiger partial charge is 0.412 e. The molecule has 1 aromatic carbocycles. The number of hydrogen-bond donors (Lipinski definition) is 1. The number of nitrogens with zero attached hydrogens (tertiary/aromatic N) is 1. The van der Waals surface area contributed by atoms with Crippen molar-refractivity contribution in [1.82, 2.24) is 4.90 Å². The molecule has 0 aliphatic heterocycles. The van der Waals surface area contributed by atoms with Gasteiger partial charge in [0.2, 0.25) is 0 Å². The average Bonchev–Trinajstić information content (AvgIpc) is 3.00. The van der Waals surface area contributed by atoms with Gasteiger partial charge in [-0.25, -0.2) is 4.79 Å². The van der Waals surface area contributed by atoms with Crippen molar-refractivity contribution in [2.24, 2.45) is 22.7 Å². The summed E-state index contributed by atoms with van der Waals surface area (Å²) in [5.41, 5.74) is 0.831. The van der Waals surface area contributed by atoms with E-state index in [-0.39, 0.29) is 23.0 Å². The van der Waals surface area contributed by atoms with E-state index in [1.807, 2.05) is 31.2 Å². The van der Waals surface area contributed by atoms with Crippen LogP contribution >= 0.6 is 0 Å². The van der Waals surface area contributed by atoms with Gasteiger partial charge in [-0.1, -0.05) is 46.8 Å². The van der Waals surface area contributed by atoms with E-state index < -0.39 is 0 Å². The van der Waals surface area contributed by atoms with Crippen molar-refractivity contribution in [3.8, 4) is 5.75 Å². The van der Waals surface area contributed by atoms with Crippen molar-refractivity contribution in [3.05, 3.63) is 24.3 Å². The second-order valence-corrected chi connectivity index (χ2v) is 9.31. The van der Waals surface area contributed by atoms with Crippen molar-refractivity contribution in [2.75, 3.05) is 31.6 Å². The highest BCUT2D eigenvalue weighted by atomic mass is 16.6. The maximum Gasteiger partial charge on any atom is 0.412 e. The third kappa shape index (κ3) is 3.86. The molecule has 29 heavy (non-hydrogen) atoms. The van der Waals surface area contributed by atoms with Gasteiger partial charge in [0.05, 0.1) is 12.3 Å². The highest BCUT2D eigenvalue weighted by molar-refractivity contribution is 5.86. The number of rotatable bonds is 8. The molecule has 1 aromatic rings. The first-order valence-electron chi connectivity index (χ1n) is 11.2. The largest absolute Gasteiger partial charge is 0.492 e. The maximum atomic E-state index is 12.9. The quantitative estimate of drug-likeness (QED) is 0.631. The number of amides is 1. The van der Waals surface area contributed by atoms with E-state index in [1.54, 1.807) is 0 Å². The average molecular weight is 403 g/mol. The number of nitrogens with one attached hydrogen (secondary N) is 1. The molecule has 0 radical (unpaired) electrons. The van der Waals surface area contributed by atoms with Gasteiger partial charge in [-0.3, -0.25) is 5.32 Å². The molecule has 4 unspecified atom stereocenters. The highest BCUT2D eigenvalue weighted by Gasteiger charge is 2.67. The molecule has 2 aliphatic carbocycles. The second-order valence-electron chi connectivity index (χ2n) is 9.31. The first kappa shape index (κ1) is 21.9. The fourth-order valence-electron chi connectivity index (χ4n) is 5.83. The molecule has 0 heterocycles. The Balaban J connectivity index is 1.79. The molecule has 1 N–H and O–H groups in total. The summed E-state index contributed by atoms with van der Waals surface area (Å²) in [6.07, 6.45) is 1.89. The number of para-hydroxylation sites is 2. The van der Waals surface area contributed by atoms with Crippen LogP contribution in [-0.4, -0.2) is 43.3 Å². The van der Waals surface area contributed by atoms with Crippen LogP contribution in [0.25, 0.3) is 0 Å². The standard InChI is InChI=1S/C24H38N2O3/c1-7-26(8-2)16-17-18-14-15-24(6,23(18,4)5)21(17)29-22(27)25-19-12-10-11-13-20(19)28-9-3/h10-13,17-18,21H,7-9,14-16H2,1-6H3,(H,25,27). The minimum atomic E-state index is -0.378. The minimum Gasteiger partial charge on any atom is -0.492 e. The minimum absolute atomic E-state index is 0.00621. The van der Waals surface area contributed by atoms with E-state index in [0.29, 0.717) is 29.9 Å². The SMILES string of the molecule is CCOc1ccccc1NC(=O)OC1C(CN(CC)CC)C2CCC1(C)C2(C)C. The molecular weight excluding hydrogens is 364 g/mol. The molecule has 2 fully saturated rings. The van der Waals surface area contributed by atoms with E-state index in [1.165, 1.54) is 6.42 Å². The lowest BCUT2D eigenvalue weighted by Crippen LogP contribution is -2.45. The lowest BCUT2D eigenvalue weighted by atomic mass is 9.70. The van der Waals surface area contributed by atoms with E-state index in [9.17, 15) is 4.79 Å². The van der Waals surface area contributed by atoms with Gasteiger partial charge in [-0.05, 0) is 56.3 Å². The number of carbonyl (C=O) groups excluding carboxylic acids is 1. The Morgan fingerprint density at radius 2 is 1.86 bits per heavy atom. The summed E-state index contributed by atoms with van der Waals surface area (Å²) < 4.78 is 11.8. The summed E-state index contributed by atoms with van der Waals surface area (Å²) in [7, 11) is 0. The first-order valence-corrected chi connectivity index (χ1v) is 11.2. The monoisotopic (exact) mass is 402 g/mol. The lowest BCUT2D eigenvalue weighted by molar-refractivity contribution is -0.0258. The van der Waals surface area contributed by atoms with E-state index in [2.05, 4.69) is 44.8 Å².